The van der Waals surface area contributed by atoms with E-state index in [-0.39, 0.29) is 16.7 Å². The number of hydrogen-bond acceptors (Lipinski definition) is 3. The van der Waals surface area contributed by atoms with Gasteiger partial charge in [-0.15, -0.1) is 11.8 Å². The van der Waals surface area contributed by atoms with Crippen molar-refractivity contribution in [3.63, 3.8) is 0 Å². The Morgan fingerprint density at radius 3 is 2.46 bits per heavy atom. The van der Waals surface area contributed by atoms with Crippen molar-refractivity contribution in [2.75, 3.05) is 25.4 Å². The Labute approximate surface area is 168 Å². The lowest BCUT2D eigenvalue weighted by molar-refractivity contribution is -0.132. The monoisotopic (exact) mass is 398 g/mol. The SMILES string of the molecule is O=C(Cc1ccccc1)N1CCC2(CC1)SCCN2C(=O)c1cccc(F)c1. The first-order valence-electron chi connectivity index (χ1n) is 9.61. The van der Waals surface area contributed by atoms with E-state index in [1.54, 1.807) is 23.9 Å². The average molecular weight is 399 g/mol. The molecule has 0 saturated carbocycles. The van der Waals surface area contributed by atoms with Crippen LogP contribution in [0.2, 0.25) is 0 Å². The maximum absolute atomic E-state index is 13.5. The quantitative estimate of drug-likeness (QED) is 0.794. The standard InChI is InChI=1S/C22H23FN2O2S/c23-19-8-4-7-18(16-19)21(27)25-13-14-28-22(25)9-11-24(12-10-22)20(26)15-17-5-2-1-3-6-17/h1-8,16H,9-15H2. The minimum atomic E-state index is -0.395. The number of rotatable bonds is 3. The van der Waals surface area contributed by atoms with Crippen LogP contribution < -0.4 is 0 Å². The second-order valence-electron chi connectivity index (χ2n) is 7.30. The molecule has 0 aromatic heterocycles. The summed E-state index contributed by atoms with van der Waals surface area (Å²) in [6.45, 7) is 1.95. The molecule has 2 fully saturated rings. The Morgan fingerprint density at radius 1 is 1.00 bits per heavy atom. The molecule has 2 saturated heterocycles. The molecule has 0 atom stereocenters. The summed E-state index contributed by atoms with van der Waals surface area (Å²) in [6.07, 6.45) is 1.91. The van der Waals surface area contributed by atoms with Gasteiger partial charge in [-0.2, -0.15) is 0 Å². The first-order chi connectivity index (χ1) is 13.6. The van der Waals surface area contributed by atoms with Crippen LogP contribution in [0.4, 0.5) is 4.39 Å². The van der Waals surface area contributed by atoms with E-state index in [1.165, 1.54) is 12.1 Å². The summed E-state index contributed by atoms with van der Waals surface area (Å²) in [5, 5.41) is 0. The van der Waals surface area contributed by atoms with Gasteiger partial charge < -0.3 is 9.80 Å². The van der Waals surface area contributed by atoms with Crippen molar-refractivity contribution in [1.82, 2.24) is 9.80 Å². The van der Waals surface area contributed by atoms with Crippen molar-refractivity contribution in [3.8, 4) is 0 Å². The summed E-state index contributed by atoms with van der Waals surface area (Å²) in [7, 11) is 0. The van der Waals surface area contributed by atoms with Crippen molar-refractivity contribution in [2.45, 2.75) is 24.1 Å². The second kappa shape index (κ2) is 7.95. The van der Waals surface area contributed by atoms with Crippen LogP contribution in [-0.2, 0) is 11.2 Å². The number of halogens is 1. The van der Waals surface area contributed by atoms with Crippen LogP contribution in [0.25, 0.3) is 0 Å². The zero-order valence-electron chi connectivity index (χ0n) is 15.6. The van der Waals surface area contributed by atoms with Gasteiger partial charge >= 0.3 is 0 Å². The highest BCUT2D eigenvalue weighted by atomic mass is 32.2. The van der Waals surface area contributed by atoms with Gasteiger partial charge in [-0.25, -0.2) is 4.39 Å². The molecular weight excluding hydrogens is 375 g/mol. The van der Waals surface area contributed by atoms with Gasteiger partial charge in [-0.3, -0.25) is 9.59 Å². The van der Waals surface area contributed by atoms with Crippen LogP contribution in [-0.4, -0.2) is 51.9 Å². The zero-order chi connectivity index (χ0) is 19.6. The Kier molecular flexibility index (Phi) is 5.40. The molecule has 2 aromatic carbocycles. The number of nitrogens with zero attached hydrogens (tertiary/aromatic N) is 2. The fraction of sp³-hybridized carbons (Fsp3) is 0.364. The number of hydrogen-bond donors (Lipinski definition) is 0. The predicted octanol–water partition coefficient (Wildman–Crippen LogP) is 3.58. The molecular formula is C22H23FN2O2S. The largest absolute Gasteiger partial charge is 0.342 e. The Balaban J connectivity index is 1.42. The molecule has 0 bridgehead atoms. The molecule has 146 valence electrons. The van der Waals surface area contributed by atoms with Gasteiger partial charge in [0.2, 0.25) is 5.91 Å². The van der Waals surface area contributed by atoms with E-state index in [1.807, 2.05) is 40.1 Å². The van der Waals surface area contributed by atoms with Gasteiger partial charge in [0.25, 0.3) is 5.91 Å². The predicted molar refractivity (Wildman–Crippen MR) is 109 cm³/mol. The fourth-order valence-electron chi connectivity index (χ4n) is 4.07. The van der Waals surface area contributed by atoms with E-state index in [4.69, 9.17) is 0 Å². The van der Waals surface area contributed by atoms with E-state index in [0.717, 1.165) is 24.2 Å². The number of likely N-dealkylation sites (tertiary alicyclic amines) is 1. The topological polar surface area (TPSA) is 40.6 Å². The number of carbonyl (C=O) groups is 2. The zero-order valence-corrected chi connectivity index (χ0v) is 16.5. The van der Waals surface area contributed by atoms with Gasteiger partial charge in [0.15, 0.2) is 0 Å². The fourth-order valence-corrected chi connectivity index (χ4v) is 5.53. The molecule has 4 rings (SSSR count). The highest BCUT2D eigenvalue weighted by Gasteiger charge is 2.47. The summed E-state index contributed by atoms with van der Waals surface area (Å²) >= 11 is 1.79. The van der Waals surface area contributed by atoms with Crippen molar-refractivity contribution >= 4 is 23.6 Å². The van der Waals surface area contributed by atoms with E-state index in [0.29, 0.717) is 31.6 Å². The lowest BCUT2D eigenvalue weighted by Crippen LogP contribution is -2.53. The Morgan fingerprint density at radius 2 is 1.75 bits per heavy atom. The minimum absolute atomic E-state index is 0.117. The summed E-state index contributed by atoms with van der Waals surface area (Å²) in [5.74, 6) is 0.493. The van der Waals surface area contributed by atoms with E-state index < -0.39 is 5.82 Å². The molecule has 1 spiro atoms. The molecule has 2 amide bonds. The van der Waals surface area contributed by atoms with Gasteiger partial charge in [0.05, 0.1) is 11.3 Å². The molecule has 2 aliphatic heterocycles. The molecule has 0 aliphatic carbocycles. The van der Waals surface area contributed by atoms with Crippen LogP contribution >= 0.6 is 11.8 Å². The lowest BCUT2D eigenvalue weighted by atomic mass is 10.00. The van der Waals surface area contributed by atoms with Crippen LogP contribution in [0.5, 0.6) is 0 Å². The summed E-state index contributed by atoms with van der Waals surface area (Å²) < 4.78 is 13.5. The van der Waals surface area contributed by atoms with Crippen LogP contribution in [0.3, 0.4) is 0 Å². The molecule has 0 unspecified atom stereocenters. The maximum atomic E-state index is 13.5. The Hall–Kier alpha value is -2.34. The molecule has 28 heavy (non-hydrogen) atoms. The molecule has 0 radical (unpaired) electrons. The third-order valence-corrected chi connectivity index (χ3v) is 7.14. The Bertz CT molecular complexity index is 866. The first kappa shape index (κ1) is 19.0. The van der Waals surface area contributed by atoms with E-state index in [2.05, 4.69) is 0 Å². The van der Waals surface area contributed by atoms with Gasteiger partial charge in [-0.05, 0) is 36.6 Å². The maximum Gasteiger partial charge on any atom is 0.255 e. The summed E-state index contributed by atoms with van der Waals surface area (Å²) in [6, 6.07) is 15.7. The number of amides is 2. The highest BCUT2D eigenvalue weighted by molar-refractivity contribution is 8.00. The van der Waals surface area contributed by atoms with Crippen molar-refractivity contribution in [3.05, 3.63) is 71.5 Å². The average Bonchev–Trinajstić information content (AvgIpc) is 3.11. The number of thioether (sulfide) groups is 1. The van der Waals surface area contributed by atoms with Crippen molar-refractivity contribution in [1.29, 1.82) is 0 Å². The summed E-state index contributed by atoms with van der Waals surface area (Å²) in [4.78, 5) is 29.2. The normalized spacial score (nSPS) is 18.5. The smallest absolute Gasteiger partial charge is 0.255 e. The molecule has 2 aromatic rings. The van der Waals surface area contributed by atoms with E-state index in [9.17, 15) is 14.0 Å². The lowest BCUT2D eigenvalue weighted by Gasteiger charge is -2.44. The van der Waals surface area contributed by atoms with Crippen LogP contribution in [0.15, 0.2) is 54.6 Å². The molecule has 4 nitrogen and oxygen atoms in total. The molecule has 2 heterocycles. The van der Waals surface area contributed by atoms with Gasteiger partial charge in [-0.1, -0.05) is 36.4 Å². The third kappa shape index (κ3) is 3.78. The number of piperidine rings is 1. The van der Waals surface area contributed by atoms with Crippen molar-refractivity contribution in [2.24, 2.45) is 0 Å². The van der Waals surface area contributed by atoms with Gasteiger partial charge in [0.1, 0.15) is 5.82 Å². The van der Waals surface area contributed by atoms with E-state index >= 15 is 0 Å². The highest BCUT2D eigenvalue weighted by Crippen LogP contribution is 2.44. The number of carbonyl (C=O) groups excluding carboxylic acids is 2. The van der Waals surface area contributed by atoms with Gasteiger partial charge in [0, 0.05) is 31.0 Å². The second-order valence-corrected chi connectivity index (χ2v) is 8.76. The number of benzene rings is 2. The molecule has 0 N–H and O–H groups in total. The van der Waals surface area contributed by atoms with Crippen molar-refractivity contribution < 1.29 is 14.0 Å². The molecule has 6 heteroatoms. The summed E-state index contributed by atoms with van der Waals surface area (Å²) in [5.41, 5.74) is 1.41. The third-order valence-electron chi connectivity index (χ3n) is 5.59. The molecule has 2 aliphatic rings. The van der Waals surface area contributed by atoms with Crippen LogP contribution in [0.1, 0.15) is 28.8 Å². The minimum Gasteiger partial charge on any atom is -0.342 e. The first-order valence-corrected chi connectivity index (χ1v) is 10.6. The van der Waals surface area contributed by atoms with Crippen LogP contribution in [0, 0.1) is 5.82 Å².